The van der Waals surface area contributed by atoms with Gasteiger partial charge in [0.1, 0.15) is 14.8 Å². The van der Waals surface area contributed by atoms with Gasteiger partial charge in [0.2, 0.25) is 0 Å². The molecule has 1 aromatic carbocycles. The first-order chi connectivity index (χ1) is 9.70. The Labute approximate surface area is 139 Å². The van der Waals surface area contributed by atoms with E-state index < -0.39 is 16.0 Å². The van der Waals surface area contributed by atoms with Gasteiger partial charge in [-0.05, 0) is 24.3 Å². The van der Waals surface area contributed by atoms with Crippen LogP contribution in [-0.2, 0) is 10.0 Å². The van der Waals surface area contributed by atoms with Crippen molar-refractivity contribution in [1.29, 1.82) is 0 Å². The molecule has 0 atom stereocenters. The van der Waals surface area contributed by atoms with E-state index in [0.29, 0.717) is 0 Å². The maximum atomic E-state index is 12.3. The molecule has 0 aliphatic carbocycles. The van der Waals surface area contributed by atoms with Crippen LogP contribution in [0.15, 0.2) is 29.2 Å². The highest BCUT2D eigenvalue weighted by molar-refractivity contribution is 7.93. The van der Waals surface area contributed by atoms with E-state index in [-0.39, 0.29) is 29.8 Å². The highest BCUT2D eigenvalue weighted by Crippen LogP contribution is 2.34. The number of thiophene rings is 1. The molecule has 2 rings (SSSR count). The minimum atomic E-state index is -4.06. The predicted molar refractivity (Wildman–Crippen MR) is 83.6 cm³/mol. The van der Waals surface area contributed by atoms with E-state index in [1.165, 1.54) is 24.3 Å². The third-order valence-electron chi connectivity index (χ3n) is 2.28. The second-order valence-electron chi connectivity index (χ2n) is 3.77. The van der Waals surface area contributed by atoms with Crippen LogP contribution in [0.2, 0.25) is 15.1 Å². The van der Waals surface area contributed by atoms with Crippen LogP contribution in [0.25, 0.3) is 0 Å². The Kier molecular flexibility index (Phi) is 4.69. The summed E-state index contributed by atoms with van der Waals surface area (Å²) in [5.41, 5.74) is 0. The number of aromatic carboxylic acids is 1. The van der Waals surface area contributed by atoms with Crippen molar-refractivity contribution >= 4 is 67.1 Å². The zero-order valence-electron chi connectivity index (χ0n) is 9.93. The van der Waals surface area contributed by atoms with Crippen LogP contribution in [0.5, 0.6) is 0 Å². The zero-order valence-corrected chi connectivity index (χ0v) is 13.8. The maximum absolute atomic E-state index is 12.3. The van der Waals surface area contributed by atoms with Crippen LogP contribution < -0.4 is 4.72 Å². The second kappa shape index (κ2) is 6.02. The van der Waals surface area contributed by atoms with Crippen LogP contribution >= 0.6 is 46.1 Å². The Balaban J connectivity index is 2.41. The van der Waals surface area contributed by atoms with Gasteiger partial charge in [0.15, 0.2) is 0 Å². The summed E-state index contributed by atoms with van der Waals surface area (Å²) in [6.45, 7) is 0. The van der Waals surface area contributed by atoms with E-state index in [1.54, 1.807) is 0 Å². The van der Waals surface area contributed by atoms with E-state index in [2.05, 4.69) is 4.72 Å². The van der Waals surface area contributed by atoms with Crippen LogP contribution in [0.4, 0.5) is 5.00 Å². The summed E-state index contributed by atoms with van der Waals surface area (Å²) in [4.78, 5) is 10.5. The van der Waals surface area contributed by atoms with E-state index in [1.807, 2.05) is 0 Å². The Hall–Kier alpha value is -0.990. The van der Waals surface area contributed by atoms with Crippen molar-refractivity contribution in [2.24, 2.45) is 0 Å². The molecule has 0 spiro atoms. The van der Waals surface area contributed by atoms with Gasteiger partial charge < -0.3 is 5.11 Å². The lowest BCUT2D eigenvalue weighted by Crippen LogP contribution is -2.13. The fraction of sp³-hybridized carbons (Fsp3) is 0. The average molecular weight is 387 g/mol. The molecule has 0 bridgehead atoms. The largest absolute Gasteiger partial charge is 0.477 e. The first-order valence-corrected chi connectivity index (χ1v) is 8.64. The summed E-state index contributed by atoms with van der Waals surface area (Å²) in [7, 11) is -4.06. The molecular formula is C11H6Cl3NO4S2. The predicted octanol–water partition coefficient (Wildman–Crippen LogP) is 4.21. The number of benzene rings is 1. The minimum Gasteiger partial charge on any atom is -0.477 e. The molecule has 0 amide bonds. The quantitative estimate of drug-likeness (QED) is 0.824. The number of hydrogen-bond donors (Lipinski definition) is 2. The summed E-state index contributed by atoms with van der Waals surface area (Å²) >= 11 is 18.2. The SMILES string of the molecule is O=C(O)c1ccc(NS(=O)(=O)c2c(Cl)cc(Cl)cc2Cl)s1. The topological polar surface area (TPSA) is 83.5 Å². The number of carbonyl (C=O) groups is 1. The lowest BCUT2D eigenvalue weighted by molar-refractivity contribution is 0.0702. The fourth-order valence-electron chi connectivity index (χ4n) is 1.48. The van der Waals surface area contributed by atoms with Gasteiger partial charge in [-0.3, -0.25) is 4.72 Å². The average Bonchev–Trinajstić information content (AvgIpc) is 2.74. The van der Waals surface area contributed by atoms with Gasteiger partial charge in [-0.1, -0.05) is 34.8 Å². The highest BCUT2D eigenvalue weighted by Gasteiger charge is 2.23. The van der Waals surface area contributed by atoms with Gasteiger partial charge in [0.05, 0.1) is 10.0 Å². The van der Waals surface area contributed by atoms with Crippen LogP contribution in [-0.4, -0.2) is 19.5 Å². The standard InChI is InChI=1S/C11H6Cl3NO4S2/c12-5-3-6(13)10(7(14)4-5)21(18,19)15-9-2-1-8(20-9)11(16)17/h1-4,15H,(H,16,17). The molecule has 0 radical (unpaired) electrons. The molecule has 0 saturated heterocycles. The van der Waals surface area contributed by atoms with Gasteiger partial charge in [0.25, 0.3) is 10.0 Å². The number of sulfonamides is 1. The molecule has 1 aromatic heterocycles. The number of carboxylic acids is 1. The smallest absolute Gasteiger partial charge is 0.345 e. The van der Waals surface area contributed by atoms with Gasteiger partial charge >= 0.3 is 5.97 Å². The molecule has 0 aliphatic heterocycles. The molecule has 0 saturated carbocycles. The number of carboxylic acid groups (broad SMARTS) is 1. The van der Waals surface area contributed by atoms with Gasteiger partial charge in [0, 0.05) is 5.02 Å². The molecule has 0 fully saturated rings. The molecule has 112 valence electrons. The minimum absolute atomic E-state index is 0.000926. The Morgan fingerprint density at radius 3 is 2.19 bits per heavy atom. The molecule has 21 heavy (non-hydrogen) atoms. The first kappa shape index (κ1) is 16.4. The Morgan fingerprint density at radius 2 is 1.71 bits per heavy atom. The van der Waals surface area contributed by atoms with E-state index in [0.717, 1.165) is 11.3 Å². The van der Waals surface area contributed by atoms with Gasteiger partial charge in [-0.25, -0.2) is 13.2 Å². The Bertz CT molecular complexity index is 794. The molecule has 2 N–H and O–H groups in total. The van der Waals surface area contributed by atoms with Crippen LogP contribution in [0, 0.1) is 0 Å². The van der Waals surface area contributed by atoms with Crippen molar-refractivity contribution < 1.29 is 18.3 Å². The molecule has 10 heteroatoms. The first-order valence-electron chi connectivity index (χ1n) is 5.21. The lowest BCUT2D eigenvalue weighted by atomic mass is 10.4. The summed E-state index contributed by atoms with van der Waals surface area (Å²) < 4.78 is 26.8. The number of anilines is 1. The fourth-order valence-corrected chi connectivity index (χ4v) is 5.06. The van der Waals surface area contributed by atoms with Crippen LogP contribution in [0.3, 0.4) is 0 Å². The monoisotopic (exact) mass is 385 g/mol. The highest BCUT2D eigenvalue weighted by atomic mass is 35.5. The van der Waals surface area contributed by atoms with Crippen molar-refractivity contribution in [3.8, 4) is 0 Å². The normalized spacial score (nSPS) is 11.4. The van der Waals surface area contributed by atoms with Crippen molar-refractivity contribution in [2.75, 3.05) is 4.72 Å². The van der Waals surface area contributed by atoms with E-state index in [4.69, 9.17) is 39.9 Å². The number of rotatable bonds is 4. The number of halogens is 3. The van der Waals surface area contributed by atoms with Crippen LogP contribution in [0.1, 0.15) is 9.67 Å². The molecule has 0 unspecified atom stereocenters. The van der Waals surface area contributed by atoms with E-state index >= 15 is 0 Å². The molecule has 1 heterocycles. The summed E-state index contributed by atoms with van der Waals surface area (Å²) in [6.07, 6.45) is 0. The molecule has 5 nitrogen and oxygen atoms in total. The molecule has 2 aromatic rings. The van der Waals surface area contributed by atoms with Gasteiger partial charge in [-0.15, -0.1) is 11.3 Å². The third kappa shape index (κ3) is 3.61. The van der Waals surface area contributed by atoms with Crippen molar-refractivity contribution in [1.82, 2.24) is 0 Å². The van der Waals surface area contributed by atoms with Crippen molar-refractivity contribution in [3.63, 3.8) is 0 Å². The van der Waals surface area contributed by atoms with Crippen molar-refractivity contribution in [3.05, 3.63) is 44.2 Å². The third-order valence-corrected chi connectivity index (χ3v) is 5.91. The summed E-state index contributed by atoms with van der Waals surface area (Å²) in [5, 5.41) is 8.89. The summed E-state index contributed by atoms with van der Waals surface area (Å²) in [6, 6.07) is 5.13. The van der Waals surface area contributed by atoms with Crippen molar-refractivity contribution in [2.45, 2.75) is 4.90 Å². The maximum Gasteiger partial charge on any atom is 0.345 e. The second-order valence-corrected chi connectivity index (χ2v) is 7.73. The number of hydrogen-bond acceptors (Lipinski definition) is 4. The Morgan fingerprint density at radius 1 is 1.14 bits per heavy atom. The number of nitrogens with one attached hydrogen (secondary N) is 1. The van der Waals surface area contributed by atoms with E-state index in [9.17, 15) is 13.2 Å². The molecule has 0 aliphatic rings. The molecular weight excluding hydrogens is 381 g/mol. The summed E-state index contributed by atoms with van der Waals surface area (Å²) in [5.74, 6) is -1.15. The lowest BCUT2D eigenvalue weighted by Gasteiger charge is -2.10. The van der Waals surface area contributed by atoms with Gasteiger partial charge in [-0.2, -0.15) is 0 Å². The zero-order chi connectivity index (χ0) is 15.8.